The van der Waals surface area contributed by atoms with Crippen molar-refractivity contribution < 1.29 is 24.2 Å². The molecule has 0 fully saturated rings. The van der Waals surface area contributed by atoms with E-state index in [4.69, 9.17) is 4.74 Å². The fourth-order valence-corrected chi connectivity index (χ4v) is 2.26. The molecule has 1 aliphatic rings. The Hall–Kier alpha value is -1.36. The van der Waals surface area contributed by atoms with Crippen LogP contribution in [-0.4, -0.2) is 29.4 Å². The number of carbonyl (C=O) groups is 2. The third-order valence-electron chi connectivity index (χ3n) is 3.26. The number of esters is 2. The average molecular weight is 284 g/mol. The molecule has 2 unspecified atom stereocenters. The minimum Gasteiger partial charge on any atom is -0.457 e. The van der Waals surface area contributed by atoms with E-state index in [0.717, 1.165) is 19.3 Å². The van der Waals surface area contributed by atoms with Crippen LogP contribution >= 0.6 is 0 Å². The van der Waals surface area contributed by atoms with E-state index in [-0.39, 0.29) is 5.57 Å². The fraction of sp³-hybridized carbons (Fsp3) is 0.733. The van der Waals surface area contributed by atoms with Crippen molar-refractivity contribution in [2.75, 3.05) is 0 Å². The average Bonchev–Trinajstić information content (AvgIpc) is 2.71. The summed E-state index contributed by atoms with van der Waals surface area (Å²) in [4.78, 5) is 22.6. The van der Waals surface area contributed by atoms with E-state index in [1.54, 1.807) is 0 Å². The molecule has 0 saturated carbocycles. The lowest BCUT2D eigenvalue weighted by Gasteiger charge is -2.16. The number of aliphatic hydroxyl groups excluding tert-OH is 1. The molecular formula is C15H24O5. The largest absolute Gasteiger partial charge is 0.457 e. The van der Waals surface area contributed by atoms with E-state index in [1.807, 2.05) is 0 Å². The van der Waals surface area contributed by atoms with Gasteiger partial charge in [-0.15, -0.1) is 0 Å². The second kappa shape index (κ2) is 8.74. The molecule has 1 heterocycles. The standard InChI is InChI=1S/C15H24O5/c1-3-4-5-6-7-8-9-13(19-11(2)16)12-10-14(17)20-15(12)18/h10,13-14,17H,3-9H2,1-2H3. The summed E-state index contributed by atoms with van der Waals surface area (Å²) in [5.74, 6) is -1.04. The van der Waals surface area contributed by atoms with Crippen LogP contribution in [0.4, 0.5) is 0 Å². The topological polar surface area (TPSA) is 72.8 Å². The highest BCUT2D eigenvalue weighted by atomic mass is 16.6. The Morgan fingerprint density at radius 1 is 1.35 bits per heavy atom. The number of unbranched alkanes of at least 4 members (excludes halogenated alkanes) is 5. The first kappa shape index (κ1) is 16.7. The van der Waals surface area contributed by atoms with Gasteiger partial charge in [0.25, 0.3) is 0 Å². The molecule has 5 nitrogen and oxygen atoms in total. The highest BCUT2D eigenvalue weighted by molar-refractivity contribution is 5.92. The summed E-state index contributed by atoms with van der Waals surface area (Å²) < 4.78 is 9.79. The number of rotatable bonds is 9. The Kier molecular flexibility index (Phi) is 7.30. The van der Waals surface area contributed by atoms with Crippen molar-refractivity contribution in [3.8, 4) is 0 Å². The van der Waals surface area contributed by atoms with Crippen molar-refractivity contribution in [3.63, 3.8) is 0 Å². The van der Waals surface area contributed by atoms with Gasteiger partial charge in [-0.25, -0.2) is 4.79 Å². The molecule has 0 aromatic rings. The molecule has 1 aliphatic heterocycles. The predicted molar refractivity (Wildman–Crippen MR) is 73.7 cm³/mol. The van der Waals surface area contributed by atoms with Crippen molar-refractivity contribution in [2.45, 2.75) is 71.2 Å². The van der Waals surface area contributed by atoms with Crippen LogP contribution in [0.2, 0.25) is 0 Å². The summed E-state index contributed by atoms with van der Waals surface area (Å²) in [5, 5.41) is 9.26. The molecule has 1 rings (SSSR count). The molecular weight excluding hydrogens is 260 g/mol. The Bertz CT molecular complexity index is 361. The third-order valence-corrected chi connectivity index (χ3v) is 3.26. The number of aliphatic hydroxyl groups is 1. The van der Waals surface area contributed by atoms with Crippen molar-refractivity contribution >= 4 is 11.9 Å². The summed E-state index contributed by atoms with van der Waals surface area (Å²) in [5.41, 5.74) is 0.251. The van der Waals surface area contributed by atoms with Crippen molar-refractivity contribution in [1.82, 2.24) is 0 Å². The Labute approximate surface area is 119 Å². The van der Waals surface area contributed by atoms with Gasteiger partial charge in [0.2, 0.25) is 6.29 Å². The third kappa shape index (κ3) is 5.74. The highest BCUT2D eigenvalue weighted by Gasteiger charge is 2.31. The summed E-state index contributed by atoms with van der Waals surface area (Å²) in [6, 6.07) is 0. The lowest BCUT2D eigenvalue weighted by Crippen LogP contribution is -2.22. The Balaban J connectivity index is 2.43. The van der Waals surface area contributed by atoms with E-state index in [1.165, 1.54) is 32.3 Å². The molecule has 0 aromatic carbocycles. The minimum atomic E-state index is -1.22. The molecule has 5 heteroatoms. The van der Waals surface area contributed by atoms with Crippen LogP contribution in [0.5, 0.6) is 0 Å². The van der Waals surface area contributed by atoms with Crippen LogP contribution in [0.1, 0.15) is 58.8 Å². The van der Waals surface area contributed by atoms with E-state index in [0.29, 0.717) is 6.42 Å². The maximum Gasteiger partial charge on any atom is 0.340 e. The van der Waals surface area contributed by atoms with Crippen LogP contribution in [0.3, 0.4) is 0 Å². The van der Waals surface area contributed by atoms with Crippen LogP contribution in [0.15, 0.2) is 11.6 Å². The summed E-state index contributed by atoms with van der Waals surface area (Å²) in [7, 11) is 0. The van der Waals surface area contributed by atoms with Gasteiger partial charge in [0.15, 0.2) is 0 Å². The molecule has 0 aliphatic carbocycles. The fourth-order valence-electron chi connectivity index (χ4n) is 2.26. The van der Waals surface area contributed by atoms with E-state index in [2.05, 4.69) is 11.7 Å². The lowest BCUT2D eigenvalue weighted by molar-refractivity contribution is -0.153. The molecule has 0 spiro atoms. The van der Waals surface area contributed by atoms with E-state index >= 15 is 0 Å². The number of carbonyl (C=O) groups excluding carboxylic acids is 2. The molecule has 0 amide bonds. The number of hydrogen-bond acceptors (Lipinski definition) is 5. The van der Waals surface area contributed by atoms with Crippen LogP contribution < -0.4 is 0 Å². The van der Waals surface area contributed by atoms with Gasteiger partial charge in [0.1, 0.15) is 6.10 Å². The van der Waals surface area contributed by atoms with Gasteiger partial charge in [0, 0.05) is 6.92 Å². The van der Waals surface area contributed by atoms with E-state index in [9.17, 15) is 14.7 Å². The molecule has 114 valence electrons. The van der Waals surface area contributed by atoms with Crippen molar-refractivity contribution in [1.29, 1.82) is 0 Å². The smallest absolute Gasteiger partial charge is 0.340 e. The second-order valence-corrected chi connectivity index (χ2v) is 5.07. The monoisotopic (exact) mass is 284 g/mol. The SMILES string of the molecule is CCCCCCCCC(OC(C)=O)C1=CC(O)OC1=O. The zero-order valence-corrected chi connectivity index (χ0v) is 12.3. The first-order chi connectivity index (χ1) is 9.54. The first-order valence-electron chi connectivity index (χ1n) is 7.32. The Morgan fingerprint density at radius 3 is 2.55 bits per heavy atom. The van der Waals surface area contributed by atoms with Gasteiger partial charge in [-0.3, -0.25) is 4.79 Å². The lowest BCUT2D eigenvalue weighted by atomic mass is 10.0. The maximum atomic E-state index is 11.5. The summed E-state index contributed by atoms with van der Waals surface area (Å²) in [6.45, 7) is 3.48. The molecule has 0 radical (unpaired) electrons. The molecule has 0 bridgehead atoms. The summed E-state index contributed by atoms with van der Waals surface area (Å²) >= 11 is 0. The normalized spacial score (nSPS) is 19.4. The molecule has 20 heavy (non-hydrogen) atoms. The van der Waals surface area contributed by atoms with Gasteiger partial charge < -0.3 is 14.6 Å². The van der Waals surface area contributed by atoms with Crippen molar-refractivity contribution in [2.24, 2.45) is 0 Å². The minimum absolute atomic E-state index is 0.251. The van der Waals surface area contributed by atoms with Gasteiger partial charge in [-0.1, -0.05) is 39.0 Å². The zero-order chi connectivity index (χ0) is 15.0. The van der Waals surface area contributed by atoms with E-state index < -0.39 is 24.3 Å². The zero-order valence-electron chi connectivity index (χ0n) is 12.3. The molecule has 0 aromatic heterocycles. The molecule has 1 N–H and O–H groups in total. The Morgan fingerprint density at radius 2 is 2.00 bits per heavy atom. The van der Waals surface area contributed by atoms with Gasteiger partial charge in [0.05, 0.1) is 5.57 Å². The first-order valence-corrected chi connectivity index (χ1v) is 7.32. The maximum absolute atomic E-state index is 11.5. The second-order valence-electron chi connectivity index (χ2n) is 5.07. The van der Waals surface area contributed by atoms with Gasteiger partial charge in [-0.05, 0) is 18.9 Å². The summed E-state index contributed by atoms with van der Waals surface area (Å²) in [6.07, 6.45) is 6.77. The molecule has 0 saturated heterocycles. The number of cyclic esters (lactones) is 1. The highest BCUT2D eigenvalue weighted by Crippen LogP contribution is 2.22. The van der Waals surface area contributed by atoms with Crippen LogP contribution in [0, 0.1) is 0 Å². The quantitative estimate of drug-likeness (QED) is 0.520. The van der Waals surface area contributed by atoms with Crippen LogP contribution in [0.25, 0.3) is 0 Å². The van der Waals surface area contributed by atoms with Gasteiger partial charge >= 0.3 is 11.9 Å². The number of ether oxygens (including phenoxy) is 2. The molecule has 2 atom stereocenters. The number of hydrogen-bond donors (Lipinski definition) is 1. The predicted octanol–water partition coefficient (Wildman–Crippen LogP) is 2.47. The van der Waals surface area contributed by atoms with Crippen molar-refractivity contribution in [3.05, 3.63) is 11.6 Å². The van der Waals surface area contributed by atoms with Gasteiger partial charge in [-0.2, -0.15) is 0 Å². The van der Waals surface area contributed by atoms with Crippen LogP contribution in [-0.2, 0) is 19.1 Å².